The topological polar surface area (TPSA) is 81.3 Å². The highest BCUT2D eigenvalue weighted by molar-refractivity contribution is 7.15. The highest BCUT2D eigenvalue weighted by atomic mass is 35.5. The first-order valence-corrected chi connectivity index (χ1v) is 13.5. The van der Waals surface area contributed by atoms with Gasteiger partial charge < -0.3 is 5.32 Å². The summed E-state index contributed by atoms with van der Waals surface area (Å²) in [5.41, 5.74) is 2.11. The first-order chi connectivity index (χ1) is 18.9. The number of fused-ring (bicyclic) bond motifs is 1. The van der Waals surface area contributed by atoms with E-state index in [-0.39, 0.29) is 24.1 Å². The number of carbonyl (C=O) groups excluding carboxylic acids is 1. The van der Waals surface area contributed by atoms with Crippen molar-refractivity contribution in [2.45, 2.75) is 33.0 Å². The normalized spacial score (nSPS) is 11.8. The largest absolute Gasteiger partial charge is 0.416 e. The molecule has 7 nitrogen and oxygen atoms in total. The van der Waals surface area contributed by atoms with Gasteiger partial charge in [-0.3, -0.25) is 14.0 Å². The van der Waals surface area contributed by atoms with Gasteiger partial charge in [-0.05, 0) is 55.8 Å². The maximum atomic E-state index is 13.7. The zero-order valence-electron chi connectivity index (χ0n) is 21.0. The van der Waals surface area contributed by atoms with Gasteiger partial charge in [0, 0.05) is 23.3 Å². The first-order valence-electron chi connectivity index (χ1n) is 11.9. The zero-order chi connectivity index (χ0) is 28.8. The van der Waals surface area contributed by atoms with Gasteiger partial charge in [0.1, 0.15) is 5.69 Å². The number of benzene rings is 2. The highest BCUT2D eigenvalue weighted by Gasteiger charge is 2.30. The molecule has 1 N–H and O–H groups in total. The average molecular weight is 606 g/mol. The van der Waals surface area contributed by atoms with Gasteiger partial charge in [-0.2, -0.15) is 18.3 Å². The van der Waals surface area contributed by atoms with Crippen LogP contribution in [0.1, 0.15) is 28.2 Å². The van der Waals surface area contributed by atoms with Crippen molar-refractivity contribution in [2.75, 3.05) is 0 Å². The van der Waals surface area contributed by atoms with Crippen molar-refractivity contribution in [3.8, 4) is 16.9 Å². The molecule has 0 unspecified atom stereocenters. The Morgan fingerprint density at radius 1 is 1.07 bits per heavy atom. The Balaban J connectivity index is 1.42. The summed E-state index contributed by atoms with van der Waals surface area (Å²) >= 11 is 13.4. The smallest absolute Gasteiger partial charge is 0.352 e. The maximum Gasteiger partial charge on any atom is 0.416 e. The van der Waals surface area contributed by atoms with Crippen LogP contribution < -0.4 is 10.9 Å². The molecule has 5 rings (SSSR count). The molecule has 0 radical (unpaired) electrons. The lowest BCUT2D eigenvalue weighted by atomic mass is 10.1. The van der Waals surface area contributed by atoms with Crippen LogP contribution in [0, 0.1) is 13.8 Å². The van der Waals surface area contributed by atoms with Crippen LogP contribution >= 0.6 is 34.5 Å². The van der Waals surface area contributed by atoms with Crippen molar-refractivity contribution < 1.29 is 18.0 Å². The van der Waals surface area contributed by atoms with E-state index in [1.807, 2.05) is 6.92 Å². The van der Waals surface area contributed by atoms with Gasteiger partial charge in [0.15, 0.2) is 4.96 Å². The molecule has 0 saturated carbocycles. The molecule has 1 amide bonds. The fourth-order valence-corrected chi connectivity index (χ4v) is 5.50. The SMILES string of the molecule is Cc1nc2scc(CC(=O)NCc3cccc(C(F)(F)F)c3)n2c(=O)c1-c1cc(C)n(-c2ccc(Cl)c(Cl)c2)n1. The predicted octanol–water partition coefficient (Wildman–Crippen LogP) is 6.41. The molecule has 0 aliphatic heterocycles. The number of aromatic nitrogens is 4. The molecule has 0 aliphatic rings. The van der Waals surface area contributed by atoms with Crippen LogP contribution in [0.25, 0.3) is 21.9 Å². The molecule has 13 heteroatoms. The number of hydrogen-bond donors (Lipinski definition) is 1. The number of amides is 1. The molecule has 3 aromatic heterocycles. The summed E-state index contributed by atoms with van der Waals surface area (Å²) in [7, 11) is 0. The van der Waals surface area contributed by atoms with Crippen molar-refractivity contribution in [3.63, 3.8) is 0 Å². The van der Waals surface area contributed by atoms with E-state index in [1.54, 1.807) is 41.3 Å². The van der Waals surface area contributed by atoms with Gasteiger partial charge in [0.2, 0.25) is 5.91 Å². The molecule has 0 saturated heterocycles. The van der Waals surface area contributed by atoms with Gasteiger partial charge in [-0.25, -0.2) is 9.67 Å². The Hall–Kier alpha value is -3.67. The number of hydrogen-bond acceptors (Lipinski definition) is 5. The molecule has 0 bridgehead atoms. The van der Waals surface area contributed by atoms with E-state index in [0.717, 1.165) is 17.8 Å². The molecule has 3 heterocycles. The summed E-state index contributed by atoms with van der Waals surface area (Å²) < 4.78 is 42.0. The summed E-state index contributed by atoms with van der Waals surface area (Å²) in [6.45, 7) is 3.46. The Morgan fingerprint density at radius 3 is 2.58 bits per heavy atom. The zero-order valence-corrected chi connectivity index (χ0v) is 23.3. The van der Waals surface area contributed by atoms with Crippen molar-refractivity contribution in [1.29, 1.82) is 0 Å². The molecule has 0 aliphatic carbocycles. The van der Waals surface area contributed by atoms with Crippen molar-refractivity contribution in [1.82, 2.24) is 24.5 Å². The van der Waals surface area contributed by atoms with Crippen LogP contribution in [0.3, 0.4) is 0 Å². The number of carbonyl (C=O) groups is 1. The fraction of sp³-hybridized carbons (Fsp3) is 0.185. The predicted molar refractivity (Wildman–Crippen MR) is 148 cm³/mol. The lowest BCUT2D eigenvalue weighted by molar-refractivity contribution is -0.137. The molecule has 0 spiro atoms. The molecule has 5 aromatic rings. The van der Waals surface area contributed by atoms with Crippen LogP contribution in [0.15, 0.2) is 58.7 Å². The van der Waals surface area contributed by atoms with Gasteiger partial charge in [0.25, 0.3) is 5.56 Å². The summed E-state index contributed by atoms with van der Waals surface area (Å²) in [5, 5.41) is 9.67. The Bertz CT molecular complexity index is 1830. The maximum absolute atomic E-state index is 13.7. The lowest BCUT2D eigenvalue weighted by Crippen LogP contribution is -2.27. The summed E-state index contributed by atoms with van der Waals surface area (Å²) in [6.07, 6.45) is -4.64. The summed E-state index contributed by atoms with van der Waals surface area (Å²) in [4.78, 5) is 31.4. The number of aryl methyl sites for hydroxylation is 2. The average Bonchev–Trinajstić information content (AvgIpc) is 3.47. The third kappa shape index (κ3) is 5.49. The molecule has 206 valence electrons. The third-order valence-corrected chi connectivity index (χ3v) is 7.81. The number of rotatable bonds is 6. The summed E-state index contributed by atoms with van der Waals surface area (Å²) in [6, 6.07) is 11.6. The van der Waals surface area contributed by atoms with Crippen LogP contribution in [-0.2, 0) is 23.9 Å². The van der Waals surface area contributed by atoms with Gasteiger partial charge in [0.05, 0.1) is 39.0 Å². The van der Waals surface area contributed by atoms with E-state index in [2.05, 4.69) is 15.4 Å². The monoisotopic (exact) mass is 605 g/mol. The molecule has 2 aromatic carbocycles. The Labute approximate surface area is 239 Å². The molecule has 0 atom stereocenters. The van der Waals surface area contributed by atoms with Crippen LogP contribution in [0.4, 0.5) is 13.2 Å². The van der Waals surface area contributed by atoms with Gasteiger partial charge in [-0.1, -0.05) is 35.3 Å². The second kappa shape index (κ2) is 10.7. The standard InChI is InChI=1S/C27H20Cl2F3N5O2S/c1-14-8-22(35-37(14)18-6-7-20(28)21(29)10-18)24-15(2)34-26-36(25(24)39)19(13-40-26)11-23(38)33-12-16-4-3-5-17(9-16)27(30,31)32/h3-10,13H,11-12H2,1-2H3,(H,33,38). The van der Waals surface area contributed by atoms with E-state index in [0.29, 0.717) is 43.3 Å². The number of nitrogens with one attached hydrogen (secondary N) is 1. The quantitative estimate of drug-likeness (QED) is 0.242. The minimum atomic E-state index is -4.48. The van der Waals surface area contributed by atoms with Gasteiger partial charge in [-0.15, -0.1) is 11.3 Å². The van der Waals surface area contributed by atoms with Crippen molar-refractivity contribution in [3.05, 3.63) is 103 Å². The van der Waals surface area contributed by atoms with Crippen LogP contribution in [0.5, 0.6) is 0 Å². The second-order valence-electron chi connectivity index (χ2n) is 9.06. The molecular weight excluding hydrogens is 586 g/mol. The van der Waals surface area contributed by atoms with E-state index in [9.17, 15) is 22.8 Å². The lowest BCUT2D eigenvalue weighted by Gasteiger charge is -2.10. The van der Waals surface area contributed by atoms with E-state index in [1.165, 1.54) is 27.9 Å². The highest BCUT2D eigenvalue weighted by Crippen LogP contribution is 2.30. The third-order valence-electron chi connectivity index (χ3n) is 6.20. The van der Waals surface area contributed by atoms with E-state index >= 15 is 0 Å². The summed E-state index contributed by atoms with van der Waals surface area (Å²) in [5.74, 6) is -0.453. The van der Waals surface area contributed by atoms with Crippen LogP contribution in [-0.4, -0.2) is 25.1 Å². The Morgan fingerprint density at radius 2 is 1.85 bits per heavy atom. The van der Waals surface area contributed by atoms with Crippen molar-refractivity contribution >= 4 is 45.4 Å². The minimum Gasteiger partial charge on any atom is -0.352 e. The van der Waals surface area contributed by atoms with E-state index < -0.39 is 17.6 Å². The van der Waals surface area contributed by atoms with Crippen molar-refractivity contribution in [2.24, 2.45) is 0 Å². The number of thiazole rings is 1. The molecule has 40 heavy (non-hydrogen) atoms. The fourth-order valence-electron chi connectivity index (χ4n) is 4.28. The van der Waals surface area contributed by atoms with E-state index in [4.69, 9.17) is 23.2 Å². The second-order valence-corrected chi connectivity index (χ2v) is 10.7. The van der Waals surface area contributed by atoms with Crippen LogP contribution in [0.2, 0.25) is 10.0 Å². The van der Waals surface area contributed by atoms with Gasteiger partial charge >= 0.3 is 6.18 Å². The first kappa shape index (κ1) is 27.9. The minimum absolute atomic E-state index is 0.0895. The molecule has 0 fully saturated rings. The Kier molecular flexibility index (Phi) is 7.47. The number of halogens is 5. The molecular formula is C27H20Cl2F3N5O2S. The number of nitrogens with zero attached hydrogens (tertiary/aromatic N) is 4. The number of alkyl halides is 3.